The molecule has 0 aromatic carbocycles. The molecule has 2 aliphatic carbocycles. The summed E-state index contributed by atoms with van der Waals surface area (Å²) in [6.45, 7) is 6.15. The molecule has 0 aliphatic heterocycles. The molecule has 0 bridgehead atoms. The summed E-state index contributed by atoms with van der Waals surface area (Å²) in [7, 11) is 0. The lowest BCUT2D eigenvalue weighted by Crippen LogP contribution is -2.21. The van der Waals surface area contributed by atoms with Crippen molar-refractivity contribution in [3.8, 4) is 0 Å². The molecule has 0 heteroatoms. The van der Waals surface area contributed by atoms with Gasteiger partial charge < -0.3 is 0 Å². The van der Waals surface area contributed by atoms with Gasteiger partial charge in [-0.2, -0.15) is 0 Å². The largest absolute Gasteiger partial charge is 0.103 e. The first-order chi connectivity index (χ1) is 8.83. The summed E-state index contributed by atoms with van der Waals surface area (Å²) < 4.78 is 0. The van der Waals surface area contributed by atoms with E-state index in [0.717, 1.165) is 23.7 Å². The fraction of sp³-hybridized carbons (Fsp3) is 0.778. The molecule has 0 radical (unpaired) electrons. The Kier molecular flexibility index (Phi) is 5.53. The van der Waals surface area contributed by atoms with Crippen molar-refractivity contribution in [1.82, 2.24) is 0 Å². The van der Waals surface area contributed by atoms with Crippen LogP contribution in [0.4, 0.5) is 0 Å². The van der Waals surface area contributed by atoms with E-state index in [1.165, 1.54) is 57.8 Å². The second kappa shape index (κ2) is 7.16. The van der Waals surface area contributed by atoms with Crippen LogP contribution in [0.25, 0.3) is 0 Å². The summed E-state index contributed by atoms with van der Waals surface area (Å²) in [5, 5.41) is 0. The van der Waals surface area contributed by atoms with Crippen LogP contribution in [0.5, 0.6) is 0 Å². The molecule has 0 amide bonds. The zero-order valence-corrected chi connectivity index (χ0v) is 12.1. The standard InChI is InChI=1S/C18H30/c1-3-6-16-10-13-18(14-11-16)17-8-5-7-15(4-2)9-12-17/h3-4,6,15-18H,2,5,7-14H2,1H3. The van der Waals surface area contributed by atoms with E-state index in [9.17, 15) is 0 Å². The zero-order valence-electron chi connectivity index (χ0n) is 12.1. The Balaban J connectivity index is 1.80. The van der Waals surface area contributed by atoms with Gasteiger partial charge in [-0.25, -0.2) is 0 Å². The van der Waals surface area contributed by atoms with E-state index in [1.54, 1.807) is 0 Å². The Hall–Kier alpha value is -0.520. The van der Waals surface area contributed by atoms with Crippen molar-refractivity contribution < 1.29 is 0 Å². The molecule has 2 rings (SSSR count). The highest BCUT2D eigenvalue weighted by molar-refractivity contribution is 4.91. The van der Waals surface area contributed by atoms with Crippen LogP contribution in [0.2, 0.25) is 0 Å². The molecule has 2 saturated carbocycles. The fourth-order valence-corrected chi connectivity index (χ4v) is 4.15. The summed E-state index contributed by atoms with van der Waals surface area (Å²) in [5.41, 5.74) is 0. The molecule has 2 fully saturated rings. The molecule has 0 nitrogen and oxygen atoms in total. The van der Waals surface area contributed by atoms with Crippen LogP contribution in [0.3, 0.4) is 0 Å². The lowest BCUT2D eigenvalue weighted by atomic mass is 9.73. The third-order valence-electron chi connectivity index (χ3n) is 5.34. The number of rotatable bonds is 3. The van der Waals surface area contributed by atoms with Gasteiger partial charge in [0.25, 0.3) is 0 Å². The van der Waals surface area contributed by atoms with Gasteiger partial charge in [0.15, 0.2) is 0 Å². The van der Waals surface area contributed by atoms with Crippen molar-refractivity contribution in [2.75, 3.05) is 0 Å². The third-order valence-corrected chi connectivity index (χ3v) is 5.34. The number of allylic oxidation sites excluding steroid dienone is 3. The Bertz CT molecular complexity index is 268. The van der Waals surface area contributed by atoms with E-state index in [4.69, 9.17) is 0 Å². The van der Waals surface area contributed by atoms with Gasteiger partial charge in [-0.05, 0) is 75.5 Å². The maximum Gasteiger partial charge on any atom is -0.0233 e. The van der Waals surface area contributed by atoms with Crippen LogP contribution in [0.1, 0.15) is 64.7 Å². The van der Waals surface area contributed by atoms with Gasteiger partial charge in [-0.15, -0.1) is 6.58 Å². The van der Waals surface area contributed by atoms with Gasteiger partial charge in [0.05, 0.1) is 0 Å². The molecule has 0 aromatic rings. The van der Waals surface area contributed by atoms with Crippen LogP contribution in [0, 0.1) is 23.7 Å². The summed E-state index contributed by atoms with van der Waals surface area (Å²) in [6, 6.07) is 0. The maximum atomic E-state index is 3.99. The van der Waals surface area contributed by atoms with Crippen molar-refractivity contribution in [1.29, 1.82) is 0 Å². The summed E-state index contributed by atoms with van der Waals surface area (Å²) in [5.74, 6) is 3.77. The van der Waals surface area contributed by atoms with Crippen molar-refractivity contribution in [2.45, 2.75) is 64.7 Å². The van der Waals surface area contributed by atoms with Crippen molar-refractivity contribution in [3.63, 3.8) is 0 Å². The number of hydrogen-bond acceptors (Lipinski definition) is 0. The Labute approximate surface area is 114 Å². The molecule has 102 valence electrons. The average molecular weight is 246 g/mol. The molecule has 0 heterocycles. The average Bonchev–Trinajstić information content (AvgIpc) is 2.65. The van der Waals surface area contributed by atoms with E-state index < -0.39 is 0 Å². The monoisotopic (exact) mass is 246 g/mol. The Morgan fingerprint density at radius 3 is 2.00 bits per heavy atom. The Morgan fingerprint density at radius 2 is 1.39 bits per heavy atom. The predicted octanol–water partition coefficient (Wildman–Crippen LogP) is 5.75. The van der Waals surface area contributed by atoms with Crippen molar-refractivity contribution >= 4 is 0 Å². The molecular weight excluding hydrogens is 216 g/mol. The normalized spacial score (nSPS) is 38.5. The van der Waals surface area contributed by atoms with Crippen LogP contribution in [-0.2, 0) is 0 Å². The highest BCUT2D eigenvalue weighted by Gasteiger charge is 2.28. The van der Waals surface area contributed by atoms with E-state index >= 15 is 0 Å². The topological polar surface area (TPSA) is 0 Å². The van der Waals surface area contributed by atoms with Crippen LogP contribution >= 0.6 is 0 Å². The SMILES string of the molecule is C=CC1CCCC(C2CCC(C=CC)CC2)CC1. The molecule has 0 aromatic heterocycles. The van der Waals surface area contributed by atoms with Crippen LogP contribution in [0.15, 0.2) is 24.8 Å². The lowest BCUT2D eigenvalue weighted by molar-refractivity contribution is 0.205. The van der Waals surface area contributed by atoms with Gasteiger partial charge in [0, 0.05) is 0 Å². The van der Waals surface area contributed by atoms with Gasteiger partial charge >= 0.3 is 0 Å². The minimum absolute atomic E-state index is 0.814. The van der Waals surface area contributed by atoms with Gasteiger partial charge in [-0.1, -0.05) is 31.1 Å². The second-order valence-electron chi connectivity index (χ2n) is 6.46. The molecule has 18 heavy (non-hydrogen) atoms. The summed E-state index contributed by atoms with van der Waals surface area (Å²) in [6.07, 6.45) is 19.9. The van der Waals surface area contributed by atoms with Gasteiger partial charge in [-0.3, -0.25) is 0 Å². The van der Waals surface area contributed by atoms with E-state index in [-0.39, 0.29) is 0 Å². The highest BCUT2D eigenvalue weighted by atomic mass is 14.3. The molecule has 2 atom stereocenters. The summed E-state index contributed by atoms with van der Waals surface area (Å²) >= 11 is 0. The predicted molar refractivity (Wildman–Crippen MR) is 80.5 cm³/mol. The van der Waals surface area contributed by atoms with Gasteiger partial charge in [0.2, 0.25) is 0 Å². The highest BCUT2D eigenvalue weighted by Crippen LogP contribution is 2.40. The molecule has 2 unspecified atom stereocenters. The van der Waals surface area contributed by atoms with Crippen molar-refractivity contribution in [2.24, 2.45) is 23.7 Å². The van der Waals surface area contributed by atoms with Crippen LogP contribution < -0.4 is 0 Å². The molecule has 0 saturated heterocycles. The first-order valence-electron chi connectivity index (χ1n) is 8.08. The molecule has 2 aliphatic rings. The van der Waals surface area contributed by atoms with E-state index in [1.807, 2.05) is 0 Å². The van der Waals surface area contributed by atoms with Gasteiger partial charge in [0.1, 0.15) is 0 Å². The summed E-state index contributed by atoms with van der Waals surface area (Å²) in [4.78, 5) is 0. The first-order valence-corrected chi connectivity index (χ1v) is 8.08. The molecule has 0 N–H and O–H groups in total. The zero-order chi connectivity index (χ0) is 12.8. The van der Waals surface area contributed by atoms with E-state index in [2.05, 4.69) is 31.7 Å². The fourth-order valence-electron chi connectivity index (χ4n) is 4.15. The number of hydrogen-bond donors (Lipinski definition) is 0. The lowest BCUT2D eigenvalue weighted by Gasteiger charge is -2.32. The molecule has 0 spiro atoms. The maximum absolute atomic E-state index is 3.99. The Morgan fingerprint density at radius 1 is 0.778 bits per heavy atom. The molecular formula is C18H30. The second-order valence-corrected chi connectivity index (χ2v) is 6.46. The minimum Gasteiger partial charge on any atom is -0.103 e. The quantitative estimate of drug-likeness (QED) is 0.439. The third kappa shape index (κ3) is 3.73. The van der Waals surface area contributed by atoms with E-state index in [0.29, 0.717) is 0 Å². The van der Waals surface area contributed by atoms with Crippen molar-refractivity contribution in [3.05, 3.63) is 24.8 Å². The first kappa shape index (κ1) is 13.9. The smallest absolute Gasteiger partial charge is 0.0233 e. The minimum atomic E-state index is 0.814. The van der Waals surface area contributed by atoms with Crippen LogP contribution in [-0.4, -0.2) is 0 Å².